The van der Waals surface area contributed by atoms with Crippen LogP contribution >= 0.6 is 11.6 Å². The van der Waals surface area contributed by atoms with Crippen LogP contribution in [0.4, 0.5) is 0 Å². The second-order valence-corrected chi connectivity index (χ2v) is 6.67. The predicted octanol–water partition coefficient (Wildman–Crippen LogP) is 4.30. The van der Waals surface area contributed by atoms with Gasteiger partial charge in [0.15, 0.2) is 0 Å². The average Bonchev–Trinajstić information content (AvgIpc) is 2.86. The molecule has 4 nitrogen and oxygen atoms in total. The molecule has 0 spiro atoms. The van der Waals surface area contributed by atoms with Crippen molar-refractivity contribution in [1.29, 1.82) is 5.26 Å². The molecule has 3 rings (SSSR count). The fourth-order valence-electron chi connectivity index (χ4n) is 3.19. The van der Waals surface area contributed by atoms with E-state index in [2.05, 4.69) is 6.07 Å². The zero-order valence-corrected chi connectivity index (χ0v) is 14.5. The summed E-state index contributed by atoms with van der Waals surface area (Å²) in [6.07, 6.45) is 0. The van der Waals surface area contributed by atoms with Gasteiger partial charge in [-0.3, -0.25) is 4.79 Å². The summed E-state index contributed by atoms with van der Waals surface area (Å²) in [4.78, 5) is 14.6. The number of benzene rings is 2. The predicted molar refractivity (Wildman–Crippen MR) is 92.0 cm³/mol. The molecule has 0 N–H and O–H groups in total. The summed E-state index contributed by atoms with van der Waals surface area (Å²) in [6, 6.07) is 14.2. The molecule has 1 aliphatic rings. The van der Waals surface area contributed by atoms with Crippen LogP contribution in [0.5, 0.6) is 5.75 Å². The van der Waals surface area contributed by atoms with E-state index >= 15 is 0 Å². The number of nitrogens with zero attached hydrogens (tertiary/aromatic N) is 2. The molecule has 1 aliphatic heterocycles. The molecule has 0 aliphatic carbocycles. The maximum atomic E-state index is 13.0. The lowest BCUT2D eigenvalue weighted by molar-refractivity contribution is 0.0521. The van der Waals surface area contributed by atoms with Gasteiger partial charge in [0.2, 0.25) is 0 Å². The number of rotatable bonds is 3. The van der Waals surface area contributed by atoms with Crippen molar-refractivity contribution >= 4 is 17.5 Å². The summed E-state index contributed by atoms with van der Waals surface area (Å²) in [5.74, 6) is 0.466. The third kappa shape index (κ3) is 2.42. The van der Waals surface area contributed by atoms with Crippen molar-refractivity contribution in [3.63, 3.8) is 0 Å². The highest BCUT2D eigenvalue weighted by Crippen LogP contribution is 2.43. The van der Waals surface area contributed by atoms with Gasteiger partial charge < -0.3 is 9.64 Å². The first kappa shape index (κ1) is 16.4. The standard InChI is InChI=1S/C19H17ClN2O2/c1-19(2,12-5-4-6-13(20)9-12)22-17(11-21)16-10-14(24-3)7-8-15(16)18(22)23/h4-10,17H,1-3H3. The van der Waals surface area contributed by atoms with E-state index in [-0.39, 0.29) is 5.91 Å². The first-order chi connectivity index (χ1) is 11.4. The van der Waals surface area contributed by atoms with Crippen molar-refractivity contribution in [2.75, 3.05) is 7.11 Å². The normalized spacial score (nSPS) is 16.7. The molecule has 1 heterocycles. The van der Waals surface area contributed by atoms with Crippen LogP contribution in [0.25, 0.3) is 0 Å². The zero-order chi connectivity index (χ0) is 17.5. The van der Waals surface area contributed by atoms with Crippen LogP contribution in [0.1, 0.15) is 41.4 Å². The lowest BCUT2D eigenvalue weighted by atomic mass is 9.91. The minimum absolute atomic E-state index is 0.163. The fraction of sp³-hybridized carbons (Fsp3) is 0.263. The quantitative estimate of drug-likeness (QED) is 0.836. The number of fused-ring (bicyclic) bond motifs is 1. The number of hydrogen-bond acceptors (Lipinski definition) is 3. The molecule has 0 bridgehead atoms. The minimum atomic E-state index is -0.686. The van der Waals surface area contributed by atoms with E-state index in [0.717, 1.165) is 5.56 Å². The molecule has 0 radical (unpaired) electrons. The van der Waals surface area contributed by atoms with Gasteiger partial charge in [0, 0.05) is 16.1 Å². The number of methoxy groups -OCH3 is 1. The monoisotopic (exact) mass is 340 g/mol. The van der Waals surface area contributed by atoms with E-state index in [9.17, 15) is 10.1 Å². The molecule has 1 amide bonds. The molecule has 122 valence electrons. The van der Waals surface area contributed by atoms with Crippen molar-refractivity contribution < 1.29 is 9.53 Å². The molecule has 5 heteroatoms. The van der Waals surface area contributed by atoms with Crippen LogP contribution in [0.15, 0.2) is 42.5 Å². The van der Waals surface area contributed by atoms with Crippen LogP contribution in [-0.4, -0.2) is 17.9 Å². The second-order valence-electron chi connectivity index (χ2n) is 6.23. The third-order valence-corrected chi connectivity index (χ3v) is 4.75. The first-order valence-corrected chi connectivity index (χ1v) is 7.95. The van der Waals surface area contributed by atoms with Gasteiger partial charge in [-0.2, -0.15) is 5.26 Å². The number of nitriles is 1. The highest BCUT2D eigenvalue weighted by Gasteiger charge is 2.45. The van der Waals surface area contributed by atoms with Crippen molar-refractivity contribution in [3.8, 4) is 11.8 Å². The summed E-state index contributed by atoms with van der Waals surface area (Å²) in [6.45, 7) is 3.84. The Morgan fingerprint density at radius 2 is 2.00 bits per heavy atom. The Labute approximate surface area is 146 Å². The van der Waals surface area contributed by atoms with Crippen molar-refractivity contribution in [2.45, 2.75) is 25.4 Å². The fourth-order valence-corrected chi connectivity index (χ4v) is 3.38. The number of ether oxygens (including phenoxy) is 1. The van der Waals surface area contributed by atoms with Gasteiger partial charge in [-0.25, -0.2) is 0 Å². The Bertz CT molecular complexity index is 855. The van der Waals surface area contributed by atoms with E-state index < -0.39 is 11.6 Å². The molecule has 24 heavy (non-hydrogen) atoms. The Balaban J connectivity index is 2.11. The summed E-state index contributed by atoms with van der Waals surface area (Å²) in [5.41, 5.74) is 1.41. The summed E-state index contributed by atoms with van der Waals surface area (Å²) in [7, 11) is 1.56. The topological polar surface area (TPSA) is 53.3 Å². The zero-order valence-electron chi connectivity index (χ0n) is 13.7. The van der Waals surface area contributed by atoms with Crippen LogP contribution in [0.3, 0.4) is 0 Å². The van der Waals surface area contributed by atoms with Crippen LogP contribution in [0.2, 0.25) is 5.02 Å². The Morgan fingerprint density at radius 3 is 2.62 bits per heavy atom. The van der Waals surface area contributed by atoms with Crippen molar-refractivity contribution in [1.82, 2.24) is 4.90 Å². The average molecular weight is 341 g/mol. The number of amides is 1. The van der Waals surface area contributed by atoms with E-state index in [0.29, 0.717) is 21.9 Å². The smallest absolute Gasteiger partial charge is 0.256 e. The summed E-state index contributed by atoms with van der Waals surface area (Å²) >= 11 is 6.11. The molecule has 0 aromatic heterocycles. The van der Waals surface area contributed by atoms with Gasteiger partial charge in [-0.05, 0) is 49.7 Å². The Morgan fingerprint density at radius 1 is 1.25 bits per heavy atom. The van der Waals surface area contributed by atoms with Gasteiger partial charge in [-0.15, -0.1) is 0 Å². The van der Waals surface area contributed by atoms with Crippen LogP contribution < -0.4 is 4.74 Å². The SMILES string of the molecule is COc1ccc2c(c1)C(C#N)N(C(C)(C)c1cccc(Cl)c1)C2=O. The Hall–Kier alpha value is -2.51. The number of carbonyl (C=O) groups excluding carboxylic acids is 1. The van der Waals surface area contributed by atoms with E-state index in [4.69, 9.17) is 16.3 Å². The first-order valence-electron chi connectivity index (χ1n) is 7.57. The molecule has 2 aromatic carbocycles. The molecule has 0 saturated heterocycles. The van der Waals surface area contributed by atoms with Crippen LogP contribution in [0, 0.1) is 11.3 Å². The molecule has 2 aromatic rings. The van der Waals surface area contributed by atoms with E-state index in [1.807, 2.05) is 32.0 Å². The number of hydrogen-bond donors (Lipinski definition) is 0. The van der Waals surface area contributed by atoms with Gasteiger partial charge in [-0.1, -0.05) is 23.7 Å². The largest absolute Gasteiger partial charge is 0.497 e. The summed E-state index contributed by atoms with van der Waals surface area (Å²) in [5, 5.41) is 10.3. The van der Waals surface area contributed by atoms with Gasteiger partial charge in [0.25, 0.3) is 5.91 Å². The maximum Gasteiger partial charge on any atom is 0.256 e. The summed E-state index contributed by atoms with van der Waals surface area (Å²) < 4.78 is 5.23. The van der Waals surface area contributed by atoms with Crippen molar-refractivity contribution in [2.24, 2.45) is 0 Å². The highest BCUT2D eigenvalue weighted by atomic mass is 35.5. The molecule has 1 atom stereocenters. The van der Waals surface area contributed by atoms with Gasteiger partial charge >= 0.3 is 0 Å². The third-order valence-electron chi connectivity index (χ3n) is 4.52. The number of carbonyl (C=O) groups is 1. The minimum Gasteiger partial charge on any atom is -0.497 e. The molecular weight excluding hydrogens is 324 g/mol. The van der Waals surface area contributed by atoms with Crippen LogP contribution in [-0.2, 0) is 5.54 Å². The lowest BCUT2D eigenvalue weighted by Gasteiger charge is -2.38. The maximum absolute atomic E-state index is 13.0. The lowest BCUT2D eigenvalue weighted by Crippen LogP contribution is -2.43. The van der Waals surface area contributed by atoms with E-state index in [1.165, 1.54) is 0 Å². The van der Waals surface area contributed by atoms with E-state index in [1.54, 1.807) is 36.3 Å². The van der Waals surface area contributed by atoms with Crippen molar-refractivity contribution in [3.05, 3.63) is 64.2 Å². The molecule has 0 saturated carbocycles. The van der Waals surface area contributed by atoms with Gasteiger partial charge in [0.05, 0.1) is 18.7 Å². The van der Waals surface area contributed by atoms with Gasteiger partial charge in [0.1, 0.15) is 11.8 Å². The molecule has 0 fully saturated rings. The molecule has 1 unspecified atom stereocenters. The molecular formula is C19H17ClN2O2. The highest BCUT2D eigenvalue weighted by molar-refractivity contribution is 6.30. The second kappa shape index (κ2) is 5.85. The Kier molecular flexibility index (Phi) is 3.98. The number of halogens is 1.